The quantitative estimate of drug-likeness (QED) is 0.466. The minimum Gasteiger partial charge on any atom is -0.496 e. The van der Waals surface area contributed by atoms with Crippen LogP contribution in [-0.4, -0.2) is 72.7 Å². The van der Waals surface area contributed by atoms with Gasteiger partial charge in [0, 0.05) is 28.9 Å². The van der Waals surface area contributed by atoms with Gasteiger partial charge in [-0.15, -0.1) is 11.8 Å². The number of amides is 2. The molecule has 2 aliphatic rings. The molecule has 4 rings (SSSR count). The maximum absolute atomic E-state index is 13.7. The third-order valence-electron chi connectivity index (χ3n) is 7.79. The van der Waals surface area contributed by atoms with E-state index in [1.54, 1.807) is 20.1 Å². The molecule has 3 heterocycles. The van der Waals surface area contributed by atoms with E-state index in [2.05, 4.69) is 21.8 Å². The van der Waals surface area contributed by atoms with E-state index in [4.69, 9.17) is 4.74 Å². The van der Waals surface area contributed by atoms with Crippen LogP contribution in [0.5, 0.6) is 5.75 Å². The van der Waals surface area contributed by atoms with Gasteiger partial charge in [-0.1, -0.05) is 6.07 Å². The standard InChI is InChI=1S/C28H35F3N4O3S/c1-16-13-23(39-5)20(26(36)33-16)14-32-27(37)24-18(3)35(21-7-6-8-22(38-4)25(21)24)17(2)19-9-11-34(12-10-19)15-28(29,30)31/h6-8,13,17,19-20H,9-12,14-15H2,1-5H3,(H,32,37)/t17-,20?/m1/s1. The second-order valence-corrected chi connectivity index (χ2v) is 11.1. The Balaban J connectivity index is 1.61. The fourth-order valence-electron chi connectivity index (χ4n) is 5.87. The van der Waals surface area contributed by atoms with Gasteiger partial charge in [-0.2, -0.15) is 13.2 Å². The lowest BCUT2D eigenvalue weighted by Gasteiger charge is -2.36. The highest BCUT2D eigenvalue weighted by Gasteiger charge is 2.35. The summed E-state index contributed by atoms with van der Waals surface area (Å²) in [6.45, 7) is 5.72. The molecule has 0 aliphatic carbocycles. The van der Waals surface area contributed by atoms with Crippen LogP contribution < -0.4 is 10.1 Å². The molecule has 1 unspecified atom stereocenters. The molecule has 0 bridgehead atoms. The van der Waals surface area contributed by atoms with Crippen molar-refractivity contribution >= 4 is 40.2 Å². The monoisotopic (exact) mass is 564 g/mol. The number of hydrogen-bond acceptors (Lipinski definition) is 5. The highest BCUT2D eigenvalue weighted by atomic mass is 32.2. The van der Waals surface area contributed by atoms with Crippen molar-refractivity contribution in [1.29, 1.82) is 0 Å². The normalized spacial score (nSPS) is 20.1. The molecule has 39 heavy (non-hydrogen) atoms. The Kier molecular flexibility index (Phi) is 8.80. The van der Waals surface area contributed by atoms with Crippen LogP contribution in [0.4, 0.5) is 13.2 Å². The first-order valence-electron chi connectivity index (χ1n) is 13.0. The van der Waals surface area contributed by atoms with Crippen LogP contribution in [0.3, 0.4) is 0 Å². The average Bonchev–Trinajstić information content (AvgIpc) is 3.18. The predicted octanol–water partition coefficient (Wildman–Crippen LogP) is 5.39. The van der Waals surface area contributed by atoms with Crippen molar-refractivity contribution in [3.63, 3.8) is 0 Å². The lowest BCUT2D eigenvalue weighted by atomic mass is 9.90. The number of likely N-dealkylation sites (tertiary alicyclic amines) is 1. The number of halogens is 3. The third-order valence-corrected chi connectivity index (χ3v) is 8.66. The van der Waals surface area contributed by atoms with Gasteiger partial charge < -0.3 is 14.6 Å². The number of nitrogens with zero attached hydrogens (tertiary/aromatic N) is 3. The topological polar surface area (TPSA) is 75.9 Å². The summed E-state index contributed by atoms with van der Waals surface area (Å²) in [7, 11) is 1.56. The van der Waals surface area contributed by atoms with E-state index in [-0.39, 0.29) is 30.3 Å². The zero-order valence-corrected chi connectivity index (χ0v) is 23.7. The summed E-state index contributed by atoms with van der Waals surface area (Å²) >= 11 is 1.47. The van der Waals surface area contributed by atoms with Gasteiger partial charge in [0.1, 0.15) is 5.75 Å². The van der Waals surface area contributed by atoms with E-state index < -0.39 is 18.6 Å². The first-order valence-corrected chi connectivity index (χ1v) is 14.3. The van der Waals surface area contributed by atoms with Crippen molar-refractivity contribution in [2.45, 2.75) is 45.8 Å². The number of hydrogen-bond donors (Lipinski definition) is 1. The number of nitrogens with one attached hydrogen (secondary N) is 1. The van der Waals surface area contributed by atoms with Crippen LogP contribution in [0, 0.1) is 18.8 Å². The summed E-state index contributed by atoms with van der Waals surface area (Å²) in [4.78, 5) is 32.6. The first kappa shape index (κ1) is 29.2. The van der Waals surface area contributed by atoms with E-state index in [0.29, 0.717) is 48.3 Å². The Morgan fingerprint density at radius 1 is 1.26 bits per heavy atom. The largest absolute Gasteiger partial charge is 0.496 e. The Bertz CT molecular complexity index is 1310. The second-order valence-electron chi connectivity index (χ2n) is 10.3. The molecule has 1 saturated heterocycles. The number of carbonyl (C=O) groups is 2. The number of allylic oxidation sites excluding steroid dienone is 1. The fourth-order valence-corrected chi connectivity index (χ4v) is 6.63. The molecule has 2 aliphatic heterocycles. The van der Waals surface area contributed by atoms with Crippen molar-refractivity contribution in [3.8, 4) is 5.75 Å². The lowest BCUT2D eigenvalue weighted by Crippen LogP contribution is -2.41. The summed E-state index contributed by atoms with van der Waals surface area (Å²) in [5.74, 6) is -0.412. The van der Waals surface area contributed by atoms with Crippen molar-refractivity contribution in [2.24, 2.45) is 16.8 Å². The molecule has 0 radical (unpaired) electrons. The Morgan fingerprint density at radius 3 is 2.56 bits per heavy atom. The molecular weight excluding hydrogens is 529 g/mol. The molecule has 212 valence electrons. The number of methoxy groups -OCH3 is 1. The number of fused-ring (bicyclic) bond motifs is 1. The predicted molar refractivity (Wildman–Crippen MR) is 149 cm³/mol. The molecule has 0 spiro atoms. The first-order chi connectivity index (χ1) is 18.4. The molecule has 1 N–H and O–H groups in total. The average molecular weight is 565 g/mol. The molecule has 1 aromatic carbocycles. The van der Waals surface area contributed by atoms with Crippen LogP contribution in [0.1, 0.15) is 48.8 Å². The second kappa shape index (κ2) is 11.8. The number of alkyl halides is 3. The van der Waals surface area contributed by atoms with Gasteiger partial charge in [0.15, 0.2) is 0 Å². The molecule has 11 heteroatoms. The fraction of sp³-hybridized carbons (Fsp3) is 0.536. The smallest absolute Gasteiger partial charge is 0.401 e. The van der Waals surface area contributed by atoms with Crippen molar-refractivity contribution in [3.05, 3.63) is 40.4 Å². The Morgan fingerprint density at radius 2 is 1.95 bits per heavy atom. The van der Waals surface area contributed by atoms with Gasteiger partial charge in [-0.25, -0.2) is 4.99 Å². The van der Waals surface area contributed by atoms with Crippen LogP contribution in [-0.2, 0) is 4.79 Å². The van der Waals surface area contributed by atoms with Crippen LogP contribution >= 0.6 is 11.8 Å². The van der Waals surface area contributed by atoms with Gasteiger partial charge in [-0.3, -0.25) is 14.5 Å². The molecule has 2 amide bonds. The summed E-state index contributed by atoms with van der Waals surface area (Å²) in [5, 5.41) is 3.64. The third kappa shape index (κ3) is 6.19. The zero-order chi connectivity index (χ0) is 28.5. The van der Waals surface area contributed by atoms with Crippen molar-refractivity contribution in [1.82, 2.24) is 14.8 Å². The maximum atomic E-state index is 13.7. The summed E-state index contributed by atoms with van der Waals surface area (Å²) < 4.78 is 46.4. The zero-order valence-electron chi connectivity index (χ0n) is 22.9. The molecule has 7 nitrogen and oxygen atoms in total. The van der Waals surface area contributed by atoms with E-state index in [1.807, 2.05) is 31.4 Å². The van der Waals surface area contributed by atoms with Gasteiger partial charge in [-0.05, 0) is 77.1 Å². The van der Waals surface area contributed by atoms with Crippen LogP contribution in [0.25, 0.3) is 10.9 Å². The number of dihydropyridines is 1. The van der Waals surface area contributed by atoms with Gasteiger partial charge in [0.05, 0.1) is 36.0 Å². The number of benzene rings is 1. The maximum Gasteiger partial charge on any atom is 0.401 e. The number of aromatic nitrogens is 1. The highest BCUT2D eigenvalue weighted by Crippen LogP contribution is 2.39. The molecule has 1 aromatic heterocycles. The van der Waals surface area contributed by atoms with Crippen LogP contribution in [0.15, 0.2) is 34.2 Å². The molecule has 2 aromatic rings. The SMILES string of the molecule is COc1cccc2c1c(C(=O)NCC1C(=O)N=C(C)C=C1SC)c(C)n2[C@H](C)C1CCN(CC(F)(F)F)CC1. The Labute approximate surface area is 230 Å². The molecule has 2 atom stereocenters. The highest BCUT2D eigenvalue weighted by molar-refractivity contribution is 8.02. The summed E-state index contributed by atoms with van der Waals surface area (Å²) in [6, 6.07) is 5.57. The summed E-state index contributed by atoms with van der Waals surface area (Å²) in [6.07, 6.45) is 0.823. The van der Waals surface area contributed by atoms with Gasteiger partial charge in [0.25, 0.3) is 11.8 Å². The molecular formula is C28H35F3N4O3S. The minimum atomic E-state index is -4.20. The van der Waals surface area contributed by atoms with Crippen molar-refractivity contribution < 1.29 is 27.5 Å². The molecule has 0 saturated carbocycles. The summed E-state index contributed by atoms with van der Waals surface area (Å²) in [5.41, 5.74) is 2.71. The Hall–Kier alpha value is -2.79. The van der Waals surface area contributed by atoms with E-state index >= 15 is 0 Å². The van der Waals surface area contributed by atoms with E-state index in [0.717, 1.165) is 16.1 Å². The number of piperidine rings is 1. The number of rotatable bonds is 8. The lowest BCUT2D eigenvalue weighted by molar-refractivity contribution is -0.149. The number of thioether (sulfide) groups is 1. The number of carbonyl (C=O) groups excluding carboxylic acids is 2. The van der Waals surface area contributed by atoms with Gasteiger partial charge >= 0.3 is 6.18 Å². The molecule has 1 fully saturated rings. The van der Waals surface area contributed by atoms with Gasteiger partial charge in [0.2, 0.25) is 0 Å². The minimum absolute atomic E-state index is 0.0440. The van der Waals surface area contributed by atoms with Crippen molar-refractivity contribution in [2.75, 3.05) is 39.5 Å². The number of aliphatic imine (C=N–C) groups is 1. The van der Waals surface area contributed by atoms with Crippen LogP contribution in [0.2, 0.25) is 0 Å². The van der Waals surface area contributed by atoms with E-state index in [9.17, 15) is 22.8 Å². The van der Waals surface area contributed by atoms with E-state index in [1.165, 1.54) is 16.7 Å². The number of ether oxygens (including phenoxy) is 1.